The van der Waals surface area contributed by atoms with Crippen molar-refractivity contribution in [2.45, 2.75) is 32.7 Å². The second kappa shape index (κ2) is 5.45. The fourth-order valence-corrected chi connectivity index (χ4v) is 3.06. The monoisotopic (exact) mass is 291 g/mol. The van der Waals surface area contributed by atoms with Gasteiger partial charge in [-0.05, 0) is 38.3 Å². The number of carbonyl (C=O) groups is 1. The van der Waals surface area contributed by atoms with Gasteiger partial charge in [-0.1, -0.05) is 48.5 Å². The van der Waals surface area contributed by atoms with Crippen LogP contribution in [0.4, 0.5) is 0 Å². The molecule has 0 aliphatic carbocycles. The summed E-state index contributed by atoms with van der Waals surface area (Å²) >= 11 is 0. The van der Waals surface area contributed by atoms with Crippen molar-refractivity contribution in [3.63, 3.8) is 0 Å². The van der Waals surface area contributed by atoms with Gasteiger partial charge in [0.15, 0.2) is 5.78 Å². The van der Waals surface area contributed by atoms with E-state index in [2.05, 4.69) is 37.4 Å². The van der Waals surface area contributed by atoms with Crippen LogP contribution in [0.25, 0.3) is 5.70 Å². The molecule has 0 fully saturated rings. The van der Waals surface area contributed by atoms with Crippen molar-refractivity contribution in [1.82, 2.24) is 5.32 Å². The summed E-state index contributed by atoms with van der Waals surface area (Å²) < 4.78 is 0. The summed E-state index contributed by atoms with van der Waals surface area (Å²) in [6, 6.07) is 16.0. The molecule has 0 spiro atoms. The molecular weight excluding hydrogens is 270 g/mol. The number of hydrogen-bond acceptors (Lipinski definition) is 2. The van der Waals surface area contributed by atoms with Gasteiger partial charge in [-0.2, -0.15) is 0 Å². The van der Waals surface area contributed by atoms with Crippen molar-refractivity contribution in [3.05, 3.63) is 76.9 Å². The lowest BCUT2D eigenvalue weighted by Gasteiger charge is -2.35. The number of benzene rings is 2. The number of allylic oxidation sites excluding steroid dienone is 1. The maximum Gasteiger partial charge on any atom is 0.188 e. The van der Waals surface area contributed by atoms with Gasteiger partial charge in [0, 0.05) is 28.4 Å². The Morgan fingerprint density at radius 1 is 1.09 bits per heavy atom. The Morgan fingerprint density at radius 3 is 2.55 bits per heavy atom. The number of rotatable bonds is 2. The van der Waals surface area contributed by atoms with Crippen LogP contribution < -0.4 is 5.32 Å². The highest BCUT2D eigenvalue weighted by Gasteiger charge is 2.27. The predicted octanol–water partition coefficient (Wildman–Crippen LogP) is 4.14. The van der Waals surface area contributed by atoms with E-state index in [0.29, 0.717) is 0 Å². The fraction of sp³-hybridized carbons (Fsp3) is 0.250. The number of hydrogen-bond donors (Lipinski definition) is 1. The maximum atomic E-state index is 12.6. The summed E-state index contributed by atoms with van der Waals surface area (Å²) in [5.74, 6) is 0.0492. The molecule has 0 saturated heterocycles. The van der Waals surface area contributed by atoms with Crippen molar-refractivity contribution >= 4 is 11.5 Å². The van der Waals surface area contributed by atoms with Gasteiger partial charge < -0.3 is 5.32 Å². The number of nitrogens with one attached hydrogen (secondary N) is 1. The quantitative estimate of drug-likeness (QED) is 0.665. The topological polar surface area (TPSA) is 29.1 Å². The van der Waals surface area contributed by atoms with Gasteiger partial charge in [-0.15, -0.1) is 0 Å². The van der Waals surface area contributed by atoms with Gasteiger partial charge >= 0.3 is 0 Å². The molecule has 0 amide bonds. The summed E-state index contributed by atoms with van der Waals surface area (Å²) in [4.78, 5) is 12.6. The SMILES string of the molecule is Cc1ccccc1C(=O)/C=C1/NC(C)(C)Cc2ccccc21. The molecule has 1 heterocycles. The van der Waals surface area contributed by atoms with Crippen LogP contribution in [0.2, 0.25) is 0 Å². The zero-order valence-electron chi connectivity index (χ0n) is 13.3. The molecule has 3 rings (SSSR count). The molecule has 0 atom stereocenters. The van der Waals surface area contributed by atoms with Crippen molar-refractivity contribution in [2.24, 2.45) is 0 Å². The highest BCUT2D eigenvalue weighted by atomic mass is 16.1. The summed E-state index contributed by atoms with van der Waals surface area (Å²) in [6.07, 6.45) is 2.70. The van der Waals surface area contributed by atoms with E-state index in [1.807, 2.05) is 37.3 Å². The summed E-state index contributed by atoms with van der Waals surface area (Å²) in [5, 5.41) is 3.51. The highest BCUT2D eigenvalue weighted by Crippen LogP contribution is 2.29. The largest absolute Gasteiger partial charge is 0.379 e. The van der Waals surface area contributed by atoms with E-state index in [1.54, 1.807) is 6.08 Å². The Bertz CT molecular complexity index is 756. The van der Waals surface area contributed by atoms with Crippen LogP contribution in [-0.2, 0) is 6.42 Å². The Hall–Kier alpha value is -2.35. The average Bonchev–Trinajstić information content (AvgIpc) is 2.46. The standard InChI is InChI=1S/C20H21NO/c1-14-8-4-6-10-16(14)19(22)12-18-17-11-7-5-9-15(17)13-20(2,3)21-18/h4-12,21H,13H2,1-3H3/b18-12+. The molecule has 0 saturated carbocycles. The van der Waals surface area contributed by atoms with E-state index in [4.69, 9.17) is 0 Å². The molecule has 1 aliphatic heterocycles. The summed E-state index contributed by atoms with van der Waals surface area (Å²) in [6.45, 7) is 6.29. The minimum Gasteiger partial charge on any atom is -0.379 e. The Labute approximate surface area is 131 Å². The molecule has 1 N–H and O–H groups in total. The van der Waals surface area contributed by atoms with Crippen LogP contribution in [0.3, 0.4) is 0 Å². The first-order valence-electron chi connectivity index (χ1n) is 7.64. The van der Waals surface area contributed by atoms with E-state index < -0.39 is 0 Å². The van der Waals surface area contributed by atoms with Crippen molar-refractivity contribution in [2.75, 3.05) is 0 Å². The third-order valence-electron chi connectivity index (χ3n) is 4.10. The lowest BCUT2D eigenvalue weighted by Crippen LogP contribution is -2.43. The van der Waals surface area contributed by atoms with E-state index >= 15 is 0 Å². The summed E-state index contributed by atoms with van der Waals surface area (Å²) in [5.41, 5.74) is 5.05. The van der Waals surface area contributed by atoms with Crippen molar-refractivity contribution in [1.29, 1.82) is 0 Å². The van der Waals surface area contributed by atoms with Gasteiger partial charge in [0.2, 0.25) is 0 Å². The third-order valence-corrected chi connectivity index (χ3v) is 4.10. The molecule has 1 aliphatic rings. The third kappa shape index (κ3) is 2.82. The minimum atomic E-state index is -0.0494. The Balaban J connectivity index is 2.04. The first kappa shape index (κ1) is 14.6. The zero-order chi connectivity index (χ0) is 15.7. The molecule has 22 heavy (non-hydrogen) atoms. The van der Waals surface area contributed by atoms with Crippen molar-refractivity contribution < 1.29 is 4.79 Å². The molecule has 2 aromatic carbocycles. The number of aryl methyl sites for hydroxylation is 1. The molecule has 0 aromatic heterocycles. The van der Waals surface area contributed by atoms with E-state index in [-0.39, 0.29) is 11.3 Å². The second-order valence-corrected chi connectivity index (χ2v) is 6.58. The minimum absolute atomic E-state index is 0.0492. The maximum absolute atomic E-state index is 12.6. The second-order valence-electron chi connectivity index (χ2n) is 6.58. The van der Waals surface area contributed by atoms with Crippen LogP contribution in [0.1, 0.15) is 40.9 Å². The first-order valence-corrected chi connectivity index (χ1v) is 7.64. The van der Waals surface area contributed by atoms with E-state index in [9.17, 15) is 4.79 Å². The lowest BCUT2D eigenvalue weighted by atomic mass is 9.85. The first-order chi connectivity index (χ1) is 10.5. The smallest absolute Gasteiger partial charge is 0.188 e. The fourth-order valence-electron chi connectivity index (χ4n) is 3.06. The van der Waals surface area contributed by atoms with Gasteiger partial charge in [0.1, 0.15) is 0 Å². The number of ketones is 1. The van der Waals surface area contributed by atoms with Crippen molar-refractivity contribution in [3.8, 4) is 0 Å². The molecule has 2 heteroatoms. The molecule has 2 aromatic rings. The molecule has 0 radical (unpaired) electrons. The molecule has 2 nitrogen and oxygen atoms in total. The van der Waals surface area contributed by atoms with Crippen LogP contribution in [0, 0.1) is 6.92 Å². The van der Waals surface area contributed by atoms with Crippen LogP contribution >= 0.6 is 0 Å². The molecular formula is C20H21NO. The van der Waals surface area contributed by atoms with Gasteiger partial charge in [0.05, 0.1) is 0 Å². The highest BCUT2D eigenvalue weighted by molar-refractivity contribution is 6.09. The van der Waals surface area contributed by atoms with Crippen LogP contribution in [0.15, 0.2) is 54.6 Å². The normalized spacial score (nSPS) is 17.7. The zero-order valence-corrected chi connectivity index (χ0v) is 13.3. The molecule has 112 valence electrons. The van der Waals surface area contributed by atoms with Crippen LogP contribution in [0.5, 0.6) is 0 Å². The Morgan fingerprint density at radius 2 is 1.77 bits per heavy atom. The number of carbonyl (C=O) groups excluding carboxylic acids is 1. The Kier molecular flexibility index (Phi) is 3.61. The van der Waals surface area contributed by atoms with E-state index in [0.717, 1.165) is 28.8 Å². The van der Waals surface area contributed by atoms with E-state index in [1.165, 1.54) is 5.56 Å². The average molecular weight is 291 g/mol. The lowest BCUT2D eigenvalue weighted by molar-refractivity contribution is 0.104. The van der Waals surface area contributed by atoms with Gasteiger partial charge in [0.25, 0.3) is 0 Å². The van der Waals surface area contributed by atoms with Crippen LogP contribution in [-0.4, -0.2) is 11.3 Å². The number of fused-ring (bicyclic) bond motifs is 1. The van der Waals surface area contributed by atoms with Gasteiger partial charge in [-0.3, -0.25) is 4.79 Å². The van der Waals surface area contributed by atoms with Gasteiger partial charge in [-0.25, -0.2) is 0 Å². The predicted molar refractivity (Wildman–Crippen MR) is 90.8 cm³/mol. The summed E-state index contributed by atoms with van der Waals surface area (Å²) in [7, 11) is 0. The molecule has 0 bridgehead atoms. The molecule has 0 unspecified atom stereocenters.